The molecule has 0 aliphatic rings. The second-order valence-electron chi connectivity index (χ2n) is 4.94. The minimum Gasteiger partial charge on any atom is -0.469 e. The molecule has 0 fully saturated rings. The summed E-state index contributed by atoms with van der Waals surface area (Å²) in [5.74, 6) is 1.38. The lowest BCUT2D eigenvalue weighted by Gasteiger charge is -2.17. The summed E-state index contributed by atoms with van der Waals surface area (Å²) in [7, 11) is -2.26. The fraction of sp³-hybridized carbons (Fsp3) is 0.429. The molecule has 0 saturated heterocycles. The second kappa shape index (κ2) is 5.67. The van der Waals surface area contributed by atoms with Crippen molar-refractivity contribution in [3.8, 4) is 0 Å². The number of aliphatic hydroxyl groups is 1. The first kappa shape index (κ1) is 15.8. The first-order valence-corrected chi connectivity index (χ1v) is 7.92. The second-order valence-corrected chi connectivity index (χ2v) is 6.93. The van der Waals surface area contributed by atoms with Crippen LogP contribution in [0.2, 0.25) is 0 Å². The van der Waals surface area contributed by atoms with E-state index >= 15 is 0 Å². The van der Waals surface area contributed by atoms with Crippen molar-refractivity contribution in [2.45, 2.75) is 38.8 Å². The molecule has 0 aliphatic carbocycles. The minimum atomic E-state index is -3.75. The predicted molar refractivity (Wildman–Crippen MR) is 76.2 cm³/mol. The lowest BCUT2D eigenvalue weighted by Crippen LogP contribution is -2.27. The summed E-state index contributed by atoms with van der Waals surface area (Å²) in [5, 5.41) is 9.40. The van der Waals surface area contributed by atoms with Gasteiger partial charge in [0.15, 0.2) is 0 Å². The molecule has 0 aromatic carbocycles. The van der Waals surface area contributed by atoms with E-state index in [1.165, 1.54) is 17.6 Å². The van der Waals surface area contributed by atoms with Crippen LogP contribution in [-0.2, 0) is 23.2 Å². The summed E-state index contributed by atoms with van der Waals surface area (Å²) in [4.78, 5) is 0.0474. The fourth-order valence-corrected chi connectivity index (χ4v) is 3.83. The van der Waals surface area contributed by atoms with Crippen molar-refractivity contribution in [1.29, 1.82) is 0 Å². The van der Waals surface area contributed by atoms with Gasteiger partial charge in [-0.05, 0) is 26.8 Å². The molecular weight excluding hydrogens is 294 g/mol. The molecule has 0 amide bonds. The van der Waals surface area contributed by atoms with Crippen LogP contribution in [0.1, 0.15) is 28.4 Å². The number of hydrogen-bond acceptors (Lipinski definition) is 5. The van der Waals surface area contributed by atoms with Gasteiger partial charge in [-0.15, -0.1) is 0 Å². The van der Waals surface area contributed by atoms with E-state index in [4.69, 9.17) is 8.83 Å². The van der Waals surface area contributed by atoms with Crippen LogP contribution in [0.4, 0.5) is 0 Å². The average Bonchev–Trinajstić information content (AvgIpc) is 2.92. The Morgan fingerprint density at radius 1 is 1.19 bits per heavy atom. The minimum absolute atomic E-state index is 0.0474. The zero-order valence-corrected chi connectivity index (χ0v) is 13.3. The quantitative estimate of drug-likeness (QED) is 0.914. The van der Waals surface area contributed by atoms with Crippen molar-refractivity contribution in [1.82, 2.24) is 4.31 Å². The van der Waals surface area contributed by atoms with Crippen molar-refractivity contribution in [3.63, 3.8) is 0 Å². The van der Waals surface area contributed by atoms with Crippen LogP contribution in [0.25, 0.3) is 0 Å². The van der Waals surface area contributed by atoms with Crippen LogP contribution in [0.15, 0.2) is 26.1 Å². The molecule has 2 heterocycles. The van der Waals surface area contributed by atoms with Gasteiger partial charge in [-0.3, -0.25) is 0 Å². The molecule has 0 saturated carbocycles. The Morgan fingerprint density at radius 3 is 2.38 bits per heavy atom. The molecule has 0 atom stereocenters. The van der Waals surface area contributed by atoms with E-state index in [0.29, 0.717) is 17.1 Å². The van der Waals surface area contributed by atoms with E-state index in [-0.39, 0.29) is 23.8 Å². The first-order valence-electron chi connectivity index (χ1n) is 6.48. The number of sulfonamides is 1. The third-order valence-corrected chi connectivity index (χ3v) is 5.51. The predicted octanol–water partition coefficient (Wildman–Crippen LogP) is 2.11. The van der Waals surface area contributed by atoms with Crippen LogP contribution in [-0.4, -0.2) is 24.9 Å². The van der Waals surface area contributed by atoms with Crippen molar-refractivity contribution in [2.24, 2.45) is 0 Å². The number of rotatable bonds is 5. The van der Waals surface area contributed by atoms with Crippen LogP contribution < -0.4 is 0 Å². The van der Waals surface area contributed by atoms with Gasteiger partial charge in [0.05, 0.1) is 12.9 Å². The maximum absolute atomic E-state index is 12.7. The molecule has 0 radical (unpaired) electrons. The maximum atomic E-state index is 12.7. The monoisotopic (exact) mass is 313 g/mol. The summed E-state index contributed by atoms with van der Waals surface area (Å²) < 4.78 is 37.2. The highest BCUT2D eigenvalue weighted by Crippen LogP contribution is 2.29. The van der Waals surface area contributed by atoms with Crippen molar-refractivity contribution in [2.75, 3.05) is 7.05 Å². The molecule has 6 nitrogen and oxygen atoms in total. The average molecular weight is 313 g/mol. The van der Waals surface area contributed by atoms with E-state index in [9.17, 15) is 13.5 Å². The lowest BCUT2D eigenvalue weighted by atomic mass is 10.2. The van der Waals surface area contributed by atoms with Gasteiger partial charge in [0, 0.05) is 24.7 Å². The zero-order valence-electron chi connectivity index (χ0n) is 12.5. The standard InChI is InChI=1S/C14H19NO5S/c1-9-12(5-6-19-9)7-15(4)21(17,18)14-11(3)20-10(2)13(14)8-16/h5-6,16H,7-8H2,1-4H3. The van der Waals surface area contributed by atoms with Crippen molar-refractivity contribution < 1.29 is 22.4 Å². The molecule has 1 N–H and O–H groups in total. The molecule has 0 spiro atoms. The van der Waals surface area contributed by atoms with Gasteiger partial charge in [0.2, 0.25) is 10.0 Å². The van der Waals surface area contributed by atoms with Crippen molar-refractivity contribution >= 4 is 10.0 Å². The van der Waals surface area contributed by atoms with Gasteiger partial charge >= 0.3 is 0 Å². The summed E-state index contributed by atoms with van der Waals surface area (Å²) in [6.07, 6.45) is 1.53. The van der Waals surface area contributed by atoms with Crippen molar-refractivity contribution in [3.05, 3.63) is 40.7 Å². The van der Waals surface area contributed by atoms with E-state index in [2.05, 4.69) is 0 Å². The number of hydrogen-bond donors (Lipinski definition) is 1. The van der Waals surface area contributed by atoms with Gasteiger partial charge < -0.3 is 13.9 Å². The Kier molecular flexibility index (Phi) is 4.27. The van der Waals surface area contributed by atoms with Gasteiger partial charge in [-0.25, -0.2) is 8.42 Å². The smallest absolute Gasteiger partial charge is 0.246 e. The highest BCUT2D eigenvalue weighted by molar-refractivity contribution is 7.89. The van der Waals surface area contributed by atoms with Crippen LogP contribution in [0.3, 0.4) is 0 Å². The normalized spacial score (nSPS) is 12.3. The fourth-order valence-electron chi connectivity index (χ4n) is 2.29. The van der Waals surface area contributed by atoms with Gasteiger partial charge in [-0.2, -0.15) is 4.31 Å². The molecule has 7 heteroatoms. The van der Waals surface area contributed by atoms with Crippen LogP contribution >= 0.6 is 0 Å². The number of furan rings is 2. The molecule has 21 heavy (non-hydrogen) atoms. The third-order valence-electron chi connectivity index (χ3n) is 3.51. The van der Waals surface area contributed by atoms with Crippen LogP contribution in [0, 0.1) is 20.8 Å². The molecule has 2 aromatic heterocycles. The van der Waals surface area contributed by atoms with E-state index in [0.717, 1.165) is 5.56 Å². The van der Waals surface area contributed by atoms with E-state index in [1.54, 1.807) is 26.8 Å². The molecule has 2 rings (SSSR count). The summed E-state index contributed by atoms with van der Waals surface area (Å²) in [6, 6.07) is 1.74. The molecule has 2 aromatic rings. The Bertz CT molecular complexity index is 742. The molecular formula is C14H19NO5S. The van der Waals surface area contributed by atoms with E-state index < -0.39 is 10.0 Å². The molecule has 116 valence electrons. The molecule has 0 bridgehead atoms. The molecule has 0 aliphatic heterocycles. The van der Waals surface area contributed by atoms with E-state index in [1.807, 2.05) is 0 Å². The number of aliphatic hydroxyl groups excluding tert-OH is 1. The maximum Gasteiger partial charge on any atom is 0.246 e. The largest absolute Gasteiger partial charge is 0.469 e. The number of nitrogens with zero attached hydrogens (tertiary/aromatic N) is 1. The zero-order chi connectivity index (χ0) is 15.8. The molecule has 0 unspecified atom stereocenters. The SMILES string of the molecule is Cc1occc1CN(C)S(=O)(=O)c1c(C)oc(C)c1CO. The van der Waals surface area contributed by atoms with Gasteiger partial charge in [-0.1, -0.05) is 0 Å². The lowest BCUT2D eigenvalue weighted by molar-refractivity contribution is 0.276. The Morgan fingerprint density at radius 2 is 1.86 bits per heavy atom. The topological polar surface area (TPSA) is 83.9 Å². The Hall–Kier alpha value is -1.57. The van der Waals surface area contributed by atoms with Gasteiger partial charge in [0.1, 0.15) is 22.2 Å². The highest BCUT2D eigenvalue weighted by Gasteiger charge is 2.30. The third kappa shape index (κ3) is 2.76. The Balaban J connectivity index is 2.40. The van der Waals surface area contributed by atoms with Crippen LogP contribution in [0.5, 0.6) is 0 Å². The summed E-state index contributed by atoms with van der Waals surface area (Å²) in [5.41, 5.74) is 1.10. The highest BCUT2D eigenvalue weighted by atomic mass is 32.2. The summed E-state index contributed by atoms with van der Waals surface area (Å²) in [6.45, 7) is 4.81. The number of aryl methyl sites for hydroxylation is 3. The summed E-state index contributed by atoms with van der Waals surface area (Å²) >= 11 is 0. The van der Waals surface area contributed by atoms with Gasteiger partial charge in [0.25, 0.3) is 0 Å². The first-order chi connectivity index (χ1) is 9.78. The Labute approximate surface area is 124 Å².